The highest BCUT2D eigenvalue weighted by atomic mass is 32.2. The minimum Gasteiger partial charge on any atom is -0.447 e. The molecule has 1 heterocycles. The van der Waals surface area contributed by atoms with Gasteiger partial charge in [-0.15, -0.1) is 6.58 Å². The summed E-state index contributed by atoms with van der Waals surface area (Å²) in [5, 5.41) is 3.26. The van der Waals surface area contributed by atoms with Gasteiger partial charge < -0.3 is 9.73 Å². The minimum atomic E-state index is 0.759. The lowest BCUT2D eigenvalue weighted by atomic mass is 10.5. The Kier molecular flexibility index (Phi) is 5.36. The van der Waals surface area contributed by atoms with Crippen molar-refractivity contribution in [3.8, 4) is 0 Å². The van der Waals surface area contributed by atoms with Crippen LogP contribution in [0.25, 0.3) is 0 Å². The third kappa shape index (κ3) is 4.75. The van der Waals surface area contributed by atoms with Gasteiger partial charge in [0, 0.05) is 18.1 Å². The van der Waals surface area contributed by atoms with Gasteiger partial charge in [0.1, 0.15) is 5.76 Å². The molecule has 0 spiro atoms. The topological polar surface area (TPSA) is 38.1 Å². The van der Waals surface area contributed by atoms with Crippen molar-refractivity contribution in [2.24, 2.45) is 0 Å². The summed E-state index contributed by atoms with van der Waals surface area (Å²) in [4.78, 5) is 3.83. The largest absolute Gasteiger partial charge is 0.447 e. The van der Waals surface area contributed by atoms with Gasteiger partial charge in [0.25, 0.3) is 0 Å². The van der Waals surface area contributed by atoms with Crippen LogP contribution in [0.5, 0.6) is 0 Å². The number of nitrogens with zero attached hydrogens (tertiary/aromatic N) is 1. The Morgan fingerprint density at radius 2 is 2.62 bits per heavy atom. The average molecular weight is 198 g/mol. The number of thioether (sulfide) groups is 1. The summed E-state index contributed by atoms with van der Waals surface area (Å²) >= 11 is 1.86. The summed E-state index contributed by atoms with van der Waals surface area (Å²) in [7, 11) is 0. The van der Waals surface area contributed by atoms with E-state index in [9.17, 15) is 0 Å². The van der Waals surface area contributed by atoms with Crippen LogP contribution in [0, 0.1) is 0 Å². The van der Waals surface area contributed by atoms with Crippen molar-refractivity contribution in [3.05, 3.63) is 31.0 Å². The van der Waals surface area contributed by atoms with Crippen LogP contribution in [-0.2, 0) is 6.54 Å². The monoisotopic (exact) mass is 198 g/mol. The second-order valence-corrected chi connectivity index (χ2v) is 3.66. The molecule has 13 heavy (non-hydrogen) atoms. The van der Waals surface area contributed by atoms with E-state index >= 15 is 0 Å². The molecule has 0 radical (unpaired) electrons. The van der Waals surface area contributed by atoms with Crippen LogP contribution in [0.4, 0.5) is 0 Å². The fraction of sp³-hybridized carbons (Fsp3) is 0.444. The SMILES string of the molecule is C=CCSCCNCc1cnco1. The lowest BCUT2D eigenvalue weighted by Crippen LogP contribution is -2.16. The van der Waals surface area contributed by atoms with Crippen molar-refractivity contribution in [1.82, 2.24) is 10.3 Å². The highest BCUT2D eigenvalue weighted by Crippen LogP contribution is 1.98. The van der Waals surface area contributed by atoms with Crippen LogP contribution >= 0.6 is 11.8 Å². The van der Waals surface area contributed by atoms with Gasteiger partial charge in [-0.1, -0.05) is 6.08 Å². The van der Waals surface area contributed by atoms with Gasteiger partial charge in [0.05, 0.1) is 12.7 Å². The maximum atomic E-state index is 5.06. The highest BCUT2D eigenvalue weighted by molar-refractivity contribution is 7.99. The highest BCUT2D eigenvalue weighted by Gasteiger charge is 1.94. The van der Waals surface area contributed by atoms with E-state index in [-0.39, 0.29) is 0 Å². The van der Waals surface area contributed by atoms with Crippen LogP contribution in [0.15, 0.2) is 29.7 Å². The Balaban J connectivity index is 1.93. The molecule has 0 aliphatic carbocycles. The van der Waals surface area contributed by atoms with E-state index in [4.69, 9.17) is 4.42 Å². The molecule has 0 amide bonds. The standard InChI is InChI=1S/C9H14N2OS/c1-2-4-13-5-3-10-6-9-7-11-8-12-9/h2,7-8,10H,1,3-6H2. The lowest BCUT2D eigenvalue weighted by molar-refractivity contribution is 0.484. The lowest BCUT2D eigenvalue weighted by Gasteiger charge is -2.00. The summed E-state index contributed by atoms with van der Waals surface area (Å²) in [6, 6.07) is 0. The molecule has 0 atom stereocenters. The van der Waals surface area contributed by atoms with Crippen molar-refractivity contribution in [2.75, 3.05) is 18.1 Å². The van der Waals surface area contributed by atoms with E-state index in [2.05, 4.69) is 16.9 Å². The molecule has 1 N–H and O–H groups in total. The van der Waals surface area contributed by atoms with E-state index in [1.165, 1.54) is 6.39 Å². The molecule has 0 bridgehead atoms. The molecule has 1 aromatic rings. The molecule has 72 valence electrons. The molecule has 1 rings (SSSR count). The van der Waals surface area contributed by atoms with Crippen LogP contribution in [0.1, 0.15) is 5.76 Å². The third-order valence-corrected chi connectivity index (χ3v) is 2.41. The molecule has 4 heteroatoms. The van der Waals surface area contributed by atoms with Crippen molar-refractivity contribution in [2.45, 2.75) is 6.54 Å². The quantitative estimate of drug-likeness (QED) is 0.534. The molecule has 0 saturated heterocycles. The van der Waals surface area contributed by atoms with Gasteiger partial charge in [0.2, 0.25) is 0 Å². The van der Waals surface area contributed by atoms with Crippen molar-refractivity contribution in [1.29, 1.82) is 0 Å². The molecule has 0 saturated carbocycles. The molecule has 3 nitrogen and oxygen atoms in total. The second kappa shape index (κ2) is 6.74. The van der Waals surface area contributed by atoms with E-state index < -0.39 is 0 Å². The summed E-state index contributed by atoms with van der Waals surface area (Å²) in [6.45, 7) is 5.40. The van der Waals surface area contributed by atoms with Gasteiger partial charge >= 0.3 is 0 Å². The normalized spacial score (nSPS) is 10.2. The van der Waals surface area contributed by atoms with E-state index in [0.717, 1.165) is 30.4 Å². The van der Waals surface area contributed by atoms with Crippen molar-refractivity contribution >= 4 is 11.8 Å². The Labute approximate surface area is 82.6 Å². The summed E-state index contributed by atoms with van der Waals surface area (Å²) in [6.07, 6.45) is 5.09. The van der Waals surface area contributed by atoms with Crippen LogP contribution < -0.4 is 5.32 Å². The Bertz CT molecular complexity index is 224. The Morgan fingerprint density at radius 3 is 3.31 bits per heavy atom. The van der Waals surface area contributed by atoms with Crippen LogP contribution in [0.2, 0.25) is 0 Å². The summed E-state index contributed by atoms with van der Waals surface area (Å²) in [5.41, 5.74) is 0. The maximum Gasteiger partial charge on any atom is 0.180 e. The predicted molar refractivity (Wildman–Crippen MR) is 55.7 cm³/mol. The fourth-order valence-corrected chi connectivity index (χ4v) is 1.47. The molecule has 0 unspecified atom stereocenters. The Hall–Kier alpha value is -0.740. The first-order valence-electron chi connectivity index (χ1n) is 4.20. The van der Waals surface area contributed by atoms with Gasteiger partial charge in [-0.2, -0.15) is 11.8 Å². The Morgan fingerprint density at radius 1 is 1.69 bits per heavy atom. The van der Waals surface area contributed by atoms with Crippen molar-refractivity contribution < 1.29 is 4.42 Å². The molecule has 0 fully saturated rings. The molecule has 0 aliphatic rings. The summed E-state index contributed by atoms with van der Waals surface area (Å²) in [5.74, 6) is 3.00. The molecular formula is C9H14N2OS. The van der Waals surface area contributed by atoms with Gasteiger partial charge in [0.15, 0.2) is 6.39 Å². The maximum absolute atomic E-state index is 5.06. The molecule has 1 aromatic heterocycles. The number of oxazole rings is 1. The first-order chi connectivity index (χ1) is 6.43. The predicted octanol–water partition coefficient (Wildman–Crippen LogP) is 1.68. The molecule has 0 aliphatic heterocycles. The van der Waals surface area contributed by atoms with E-state index in [1.54, 1.807) is 6.20 Å². The van der Waals surface area contributed by atoms with Gasteiger partial charge in [-0.25, -0.2) is 4.98 Å². The van der Waals surface area contributed by atoms with Crippen LogP contribution in [0.3, 0.4) is 0 Å². The fourth-order valence-electron chi connectivity index (χ4n) is 0.852. The zero-order chi connectivity index (χ0) is 9.36. The zero-order valence-corrected chi connectivity index (χ0v) is 8.35. The van der Waals surface area contributed by atoms with E-state index in [1.807, 2.05) is 17.8 Å². The number of hydrogen-bond acceptors (Lipinski definition) is 4. The summed E-state index contributed by atoms with van der Waals surface area (Å²) < 4.78 is 5.06. The van der Waals surface area contributed by atoms with Crippen molar-refractivity contribution in [3.63, 3.8) is 0 Å². The first-order valence-corrected chi connectivity index (χ1v) is 5.35. The molecule has 0 aromatic carbocycles. The van der Waals surface area contributed by atoms with Gasteiger partial charge in [-0.3, -0.25) is 0 Å². The number of nitrogens with one attached hydrogen (secondary N) is 1. The zero-order valence-electron chi connectivity index (χ0n) is 7.53. The van der Waals surface area contributed by atoms with E-state index in [0.29, 0.717) is 0 Å². The minimum absolute atomic E-state index is 0.759. The van der Waals surface area contributed by atoms with Gasteiger partial charge in [-0.05, 0) is 0 Å². The third-order valence-electron chi connectivity index (χ3n) is 1.44. The number of rotatable bonds is 7. The van der Waals surface area contributed by atoms with Crippen LogP contribution in [-0.4, -0.2) is 23.0 Å². The number of aromatic nitrogens is 1. The smallest absolute Gasteiger partial charge is 0.180 e. The molecular weight excluding hydrogens is 184 g/mol. The first kappa shape index (κ1) is 10.3. The average Bonchev–Trinajstić information content (AvgIpc) is 2.63. The second-order valence-electron chi connectivity index (χ2n) is 2.51. The number of hydrogen-bond donors (Lipinski definition) is 1.